The average Bonchev–Trinajstić information content (AvgIpc) is 3.30. The molecule has 0 unspecified atom stereocenters. The predicted octanol–water partition coefficient (Wildman–Crippen LogP) is 2.46. The smallest absolute Gasteiger partial charge is 0.171 e. The summed E-state index contributed by atoms with van der Waals surface area (Å²) in [7, 11) is 1.67. The Bertz CT molecular complexity index is 637. The molecule has 1 aromatic heterocycles. The second-order valence-corrected chi connectivity index (χ2v) is 7.38. The first-order valence-corrected chi connectivity index (χ1v) is 9.62. The number of ether oxygens (including phenoxy) is 1. The number of quaternary nitrogens is 1. The predicted molar refractivity (Wildman–Crippen MR) is 104 cm³/mol. The molecule has 0 spiro atoms. The van der Waals surface area contributed by atoms with Crippen molar-refractivity contribution in [2.45, 2.75) is 18.9 Å². The van der Waals surface area contributed by atoms with Crippen molar-refractivity contribution >= 4 is 34.4 Å². The molecule has 1 fully saturated rings. The molecule has 0 saturated carbocycles. The first-order chi connectivity index (χ1) is 11.8. The van der Waals surface area contributed by atoms with Gasteiger partial charge in [0.15, 0.2) is 5.11 Å². The lowest BCUT2D eigenvalue weighted by Crippen LogP contribution is -3.11. The summed E-state index contributed by atoms with van der Waals surface area (Å²) in [5.74, 6) is 0.842. The number of thiocarbonyl (C=S) groups is 1. The van der Waals surface area contributed by atoms with Crippen molar-refractivity contribution in [3.05, 3.63) is 46.7 Å². The zero-order chi connectivity index (χ0) is 16.8. The molecule has 6 heteroatoms. The summed E-state index contributed by atoms with van der Waals surface area (Å²) in [5.41, 5.74) is 0.967. The van der Waals surface area contributed by atoms with E-state index < -0.39 is 0 Å². The molecule has 3 rings (SSSR count). The van der Waals surface area contributed by atoms with Crippen molar-refractivity contribution in [1.29, 1.82) is 0 Å². The van der Waals surface area contributed by atoms with Crippen LogP contribution in [0.4, 0.5) is 5.69 Å². The molecule has 128 valence electrons. The van der Waals surface area contributed by atoms with Gasteiger partial charge in [-0.1, -0.05) is 6.07 Å². The molecule has 1 aliphatic rings. The monoisotopic (exact) mass is 362 g/mol. The number of hydrogen-bond acceptors (Lipinski definition) is 3. The van der Waals surface area contributed by atoms with Crippen LogP contribution in [-0.2, 0) is 0 Å². The largest absolute Gasteiger partial charge is 0.497 e. The maximum atomic E-state index is 5.46. The van der Waals surface area contributed by atoms with E-state index in [1.54, 1.807) is 12.0 Å². The van der Waals surface area contributed by atoms with E-state index in [1.807, 2.05) is 35.6 Å². The molecule has 1 saturated heterocycles. The van der Waals surface area contributed by atoms with E-state index in [0.717, 1.165) is 18.0 Å². The quantitative estimate of drug-likeness (QED) is 0.690. The van der Waals surface area contributed by atoms with E-state index in [-0.39, 0.29) is 0 Å². The second-order valence-electron chi connectivity index (χ2n) is 6.00. The number of methoxy groups -OCH3 is 1. The van der Waals surface area contributed by atoms with Crippen LogP contribution in [0.25, 0.3) is 0 Å². The summed E-state index contributed by atoms with van der Waals surface area (Å²) in [6.07, 6.45) is 2.65. The minimum atomic E-state index is 0.475. The fraction of sp³-hybridized carbons (Fsp3) is 0.389. The number of hydrogen-bond donors (Lipinski definition) is 3. The number of nitrogens with one attached hydrogen (secondary N) is 3. The average molecular weight is 363 g/mol. The van der Waals surface area contributed by atoms with Crippen LogP contribution in [0.1, 0.15) is 23.8 Å². The molecule has 1 aromatic carbocycles. The summed E-state index contributed by atoms with van der Waals surface area (Å²) in [5, 5.41) is 9.47. The van der Waals surface area contributed by atoms with E-state index in [1.165, 1.54) is 30.8 Å². The zero-order valence-electron chi connectivity index (χ0n) is 13.9. The number of benzene rings is 1. The van der Waals surface area contributed by atoms with Gasteiger partial charge in [-0.25, -0.2) is 0 Å². The van der Waals surface area contributed by atoms with Crippen LogP contribution in [0, 0.1) is 0 Å². The van der Waals surface area contributed by atoms with Crippen LogP contribution in [0.3, 0.4) is 0 Å². The van der Waals surface area contributed by atoms with Crippen molar-refractivity contribution in [3.63, 3.8) is 0 Å². The Hall–Kier alpha value is -1.63. The number of thiophene rings is 1. The lowest BCUT2D eigenvalue weighted by Gasteiger charge is -2.24. The topological polar surface area (TPSA) is 37.7 Å². The summed E-state index contributed by atoms with van der Waals surface area (Å²) in [6, 6.07) is 12.6. The lowest BCUT2D eigenvalue weighted by molar-refractivity contribution is -0.918. The third-order valence-electron chi connectivity index (χ3n) is 4.44. The molecule has 0 radical (unpaired) electrons. The van der Waals surface area contributed by atoms with Crippen LogP contribution in [-0.4, -0.2) is 31.9 Å². The fourth-order valence-electron chi connectivity index (χ4n) is 3.16. The molecule has 0 amide bonds. The van der Waals surface area contributed by atoms with Gasteiger partial charge in [-0.2, -0.15) is 0 Å². The highest BCUT2D eigenvalue weighted by molar-refractivity contribution is 7.80. The van der Waals surface area contributed by atoms with Crippen LogP contribution in [0.15, 0.2) is 41.8 Å². The molecule has 1 atom stereocenters. The van der Waals surface area contributed by atoms with Gasteiger partial charge < -0.3 is 20.3 Å². The first-order valence-electron chi connectivity index (χ1n) is 8.33. The molecular weight excluding hydrogens is 338 g/mol. The minimum Gasteiger partial charge on any atom is -0.497 e. The van der Waals surface area contributed by atoms with Crippen LogP contribution in [0.5, 0.6) is 5.75 Å². The highest BCUT2D eigenvalue weighted by Crippen LogP contribution is 2.18. The zero-order valence-corrected chi connectivity index (χ0v) is 15.5. The van der Waals surface area contributed by atoms with Gasteiger partial charge in [0.25, 0.3) is 0 Å². The Kier molecular flexibility index (Phi) is 6.07. The van der Waals surface area contributed by atoms with Crippen LogP contribution >= 0.6 is 23.6 Å². The van der Waals surface area contributed by atoms with Crippen LogP contribution < -0.4 is 20.3 Å². The van der Waals surface area contributed by atoms with Crippen molar-refractivity contribution in [2.75, 3.05) is 32.1 Å². The SMILES string of the molecule is COc1ccc(NC(=S)NC[C@H](c2cccs2)[NH+]2CCCC2)cc1. The van der Waals surface area contributed by atoms with Gasteiger partial charge in [-0.3, -0.25) is 0 Å². The maximum absolute atomic E-state index is 5.46. The standard InChI is InChI=1S/C18H23N3OS2/c1-22-15-8-6-14(7-9-15)20-18(23)19-13-16(17-5-4-12-24-17)21-10-2-3-11-21/h4-9,12,16H,2-3,10-11,13H2,1H3,(H2,19,20,23)/p+1/t16-/m1/s1. The van der Waals surface area contributed by atoms with Gasteiger partial charge >= 0.3 is 0 Å². The Morgan fingerprint density at radius 2 is 2.00 bits per heavy atom. The molecule has 0 bridgehead atoms. The summed E-state index contributed by atoms with van der Waals surface area (Å²) in [4.78, 5) is 3.10. The van der Waals surface area contributed by atoms with Crippen molar-refractivity contribution in [1.82, 2.24) is 5.32 Å². The van der Waals surface area contributed by atoms with Gasteiger partial charge in [-0.05, 0) is 47.9 Å². The summed E-state index contributed by atoms with van der Waals surface area (Å²) >= 11 is 7.30. The fourth-order valence-corrected chi connectivity index (χ4v) is 4.24. The molecule has 1 aliphatic heterocycles. The highest BCUT2D eigenvalue weighted by Gasteiger charge is 2.28. The number of rotatable bonds is 6. The van der Waals surface area contributed by atoms with E-state index >= 15 is 0 Å². The van der Waals surface area contributed by atoms with Gasteiger partial charge in [-0.15, -0.1) is 11.3 Å². The summed E-state index contributed by atoms with van der Waals surface area (Å²) in [6.45, 7) is 3.36. The number of likely N-dealkylation sites (tertiary alicyclic amines) is 1. The Morgan fingerprint density at radius 3 is 2.62 bits per heavy atom. The van der Waals surface area contributed by atoms with Gasteiger partial charge in [0.1, 0.15) is 11.8 Å². The Labute approximate surface area is 152 Å². The highest BCUT2D eigenvalue weighted by atomic mass is 32.1. The van der Waals surface area contributed by atoms with E-state index in [2.05, 4.69) is 28.1 Å². The summed E-state index contributed by atoms with van der Waals surface area (Å²) < 4.78 is 5.17. The molecule has 4 nitrogen and oxygen atoms in total. The Morgan fingerprint density at radius 1 is 1.25 bits per heavy atom. The Balaban J connectivity index is 1.56. The molecule has 2 aromatic rings. The normalized spacial score (nSPS) is 15.9. The molecule has 0 aliphatic carbocycles. The van der Waals surface area contributed by atoms with Gasteiger partial charge in [0, 0.05) is 18.5 Å². The van der Waals surface area contributed by atoms with Gasteiger partial charge in [0.05, 0.1) is 31.6 Å². The molecule has 24 heavy (non-hydrogen) atoms. The minimum absolute atomic E-state index is 0.475. The van der Waals surface area contributed by atoms with E-state index in [0.29, 0.717) is 11.2 Å². The van der Waals surface area contributed by atoms with Gasteiger partial charge in [0.2, 0.25) is 0 Å². The third kappa shape index (κ3) is 4.47. The number of anilines is 1. The van der Waals surface area contributed by atoms with E-state index in [9.17, 15) is 0 Å². The van der Waals surface area contributed by atoms with Crippen molar-refractivity contribution in [3.8, 4) is 5.75 Å². The second kappa shape index (κ2) is 8.46. The maximum Gasteiger partial charge on any atom is 0.171 e. The van der Waals surface area contributed by atoms with Crippen molar-refractivity contribution in [2.24, 2.45) is 0 Å². The van der Waals surface area contributed by atoms with Crippen molar-refractivity contribution < 1.29 is 9.64 Å². The first kappa shape index (κ1) is 17.2. The third-order valence-corrected chi connectivity index (χ3v) is 5.67. The lowest BCUT2D eigenvalue weighted by atomic mass is 10.2. The van der Waals surface area contributed by atoms with Crippen LogP contribution in [0.2, 0.25) is 0 Å². The van der Waals surface area contributed by atoms with E-state index in [4.69, 9.17) is 17.0 Å². The molecular formula is C18H24N3OS2+. The molecule has 2 heterocycles. The molecule has 3 N–H and O–H groups in total.